The van der Waals surface area contributed by atoms with Crippen LogP contribution in [-0.2, 0) is 0 Å². The molecular formula is C13H19N3O2. The molecule has 0 atom stereocenters. The lowest BCUT2D eigenvalue weighted by atomic mass is 9.83. The molecule has 1 aromatic rings. The van der Waals surface area contributed by atoms with E-state index in [4.69, 9.17) is 10.8 Å². The Morgan fingerprint density at radius 1 is 1.44 bits per heavy atom. The Morgan fingerprint density at radius 2 is 2.06 bits per heavy atom. The van der Waals surface area contributed by atoms with Gasteiger partial charge in [-0.1, -0.05) is 13.8 Å². The molecule has 0 amide bonds. The number of nitrogens with zero attached hydrogens (tertiary/aromatic N) is 2. The second-order valence-electron chi connectivity index (χ2n) is 5.59. The number of anilines is 2. The molecule has 1 aromatic heterocycles. The van der Waals surface area contributed by atoms with Crippen molar-refractivity contribution < 1.29 is 9.90 Å². The van der Waals surface area contributed by atoms with Crippen molar-refractivity contribution in [1.29, 1.82) is 0 Å². The summed E-state index contributed by atoms with van der Waals surface area (Å²) in [5.41, 5.74) is 6.83. The van der Waals surface area contributed by atoms with Gasteiger partial charge in [-0.15, -0.1) is 0 Å². The molecule has 1 aliphatic rings. The molecule has 0 aliphatic carbocycles. The predicted molar refractivity (Wildman–Crippen MR) is 70.8 cm³/mol. The van der Waals surface area contributed by atoms with Gasteiger partial charge in [-0.2, -0.15) is 0 Å². The number of hydrogen-bond donors (Lipinski definition) is 2. The lowest BCUT2D eigenvalue weighted by Crippen LogP contribution is -2.38. The largest absolute Gasteiger partial charge is 0.478 e. The highest BCUT2D eigenvalue weighted by Gasteiger charge is 2.26. The van der Waals surface area contributed by atoms with Crippen molar-refractivity contribution in [3.63, 3.8) is 0 Å². The van der Waals surface area contributed by atoms with Gasteiger partial charge in [0.1, 0.15) is 0 Å². The van der Waals surface area contributed by atoms with Crippen LogP contribution in [0.4, 0.5) is 11.5 Å². The molecule has 0 aromatic carbocycles. The van der Waals surface area contributed by atoms with E-state index in [2.05, 4.69) is 23.7 Å². The van der Waals surface area contributed by atoms with E-state index in [1.807, 2.05) is 0 Å². The van der Waals surface area contributed by atoms with Gasteiger partial charge in [-0.05, 0) is 24.3 Å². The molecule has 2 heterocycles. The van der Waals surface area contributed by atoms with Gasteiger partial charge in [0, 0.05) is 19.3 Å². The van der Waals surface area contributed by atoms with Crippen LogP contribution in [0.2, 0.25) is 0 Å². The Hall–Kier alpha value is -1.78. The minimum absolute atomic E-state index is 0.133. The second kappa shape index (κ2) is 4.48. The van der Waals surface area contributed by atoms with E-state index < -0.39 is 5.97 Å². The summed E-state index contributed by atoms with van der Waals surface area (Å²) >= 11 is 0. The van der Waals surface area contributed by atoms with Crippen molar-refractivity contribution in [1.82, 2.24) is 4.98 Å². The molecule has 2 rings (SSSR count). The number of aromatic nitrogens is 1. The molecule has 1 aliphatic heterocycles. The smallest absolute Gasteiger partial charge is 0.337 e. The third-order valence-corrected chi connectivity index (χ3v) is 3.56. The highest BCUT2D eigenvalue weighted by Crippen LogP contribution is 2.33. The van der Waals surface area contributed by atoms with E-state index >= 15 is 0 Å². The van der Waals surface area contributed by atoms with Crippen LogP contribution in [-0.4, -0.2) is 29.1 Å². The fourth-order valence-electron chi connectivity index (χ4n) is 2.18. The summed E-state index contributed by atoms with van der Waals surface area (Å²) in [5, 5.41) is 8.87. The quantitative estimate of drug-likeness (QED) is 0.838. The maximum Gasteiger partial charge on any atom is 0.337 e. The molecule has 0 saturated carbocycles. The lowest BCUT2D eigenvalue weighted by Gasteiger charge is -2.37. The van der Waals surface area contributed by atoms with Crippen LogP contribution >= 0.6 is 0 Å². The molecule has 18 heavy (non-hydrogen) atoms. The van der Waals surface area contributed by atoms with Crippen molar-refractivity contribution >= 4 is 17.5 Å². The summed E-state index contributed by atoms with van der Waals surface area (Å²) < 4.78 is 0. The molecule has 5 heteroatoms. The van der Waals surface area contributed by atoms with Crippen LogP contribution in [0.5, 0.6) is 0 Å². The number of pyridine rings is 1. The molecule has 5 nitrogen and oxygen atoms in total. The summed E-state index contributed by atoms with van der Waals surface area (Å²) in [5.74, 6) is -0.295. The van der Waals surface area contributed by atoms with Crippen LogP contribution in [0.25, 0.3) is 0 Å². The van der Waals surface area contributed by atoms with Crippen LogP contribution in [0.1, 0.15) is 37.0 Å². The highest BCUT2D eigenvalue weighted by molar-refractivity contribution is 5.89. The van der Waals surface area contributed by atoms with Gasteiger partial charge in [0.25, 0.3) is 0 Å². The van der Waals surface area contributed by atoms with Gasteiger partial charge < -0.3 is 15.7 Å². The van der Waals surface area contributed by atoms with E-state index in [0.717, 1.165) is 25.9 Å². The predicted octanol–water partition coefficient (Wildman–Crippen LogP) is 1.99. The number of aromatic carboxylic acids is 1. The number of nitrogen functional groups attached to an aromatic ring is 1. The second-order valence-corrected chi connectivity index (χ2v) is 5.59. The highest BCUT2D eigenvalue weighted by atomic mass is 16.4. The molecule has 98 valence electrons. The van der Waals surface area contributed by atoms with Gasteiger partial charge in [0.2, 0.25) is 0 Å². The summed E-state index contributed by atoms with van der Waals surface area (Å²) in [6, 6.07) is 1.48. The van der Waals surface area contributed by atoms with E-state index in [9.17, 15) is 4.79 Å². The van der Waals surface area contributed by atoms with E-state index in [0.29, 0.717) is 16.9 Å². The maximum absolute atomic E-state index is 10.8. The van der Waals surface area contributed by atoms with Crippen LogP contribution in [0.15, 0.2) is 12.3 Å². The SMILES string of the molecule is CC1(C)CCN(c2ncc(C(=O)O)cc2N)CC1. The average Bonchev–Trinajstić information content (AvgIpc) is 2.29. The number of carbonyl (C=O) groups is 1. The Kier molecular flexibility index (Phi) is 3.15. The number of hydrogen-bond acceptors (Lipinski definition) is 4. The Labute approximate surface area is 107 Å². The van der Waals surface area contributed by atoms with Crippen LogP contribution in [0, 0.1) is 5.41 Å². The number of piperidine rings is 1. The van der Waals surface area contributed by atoms with Crippen molar-refractivity contribution in [2.45, 2.75) is 26.7 Å². The molecule has 0 spiro atoms. The zero-order chi connectivity index (χ0) is 13.3. The first-order valence-electron chi connectivity index (χ1n) is 6.13. The minimum atomic E-state index is -1.000. The van der Waals surface area contributed by atoms with Gasteiger partial charge in [0.05, 0.1) is 11.3 Å². The van der Waals surface area contributed by atoms with Gasteiger partial charge in [-0.3, -0.25) is 0 Å². The first-order valence-corrected chi connectivity index (χ1v) is 6.13. The van der Waals surface area contributed by atoms with Crippen molar-refractivity contribution in [2.24, 2.45) is 5.41 Å². The molecule has 0 unspecified atom stereocenters. The fourth-order valence-corrected chi connectivity index (χ4v) is 2.18. The topological polar surface area (TPSA) is 79.5 Å². The number of carboxylic acids is 1. The summed E-state index contributed by atoms with van der Waals surface area (Å²) in [6.07, 6.45) is 3.55. The molecule has 1 fully saturated rings. The number of carboxylic acid groups (broad SMARTS) is 1. The third kappa shape index (κ3) is 2.55. The average molecular weight is 249 g/mol. The summed E-state index contributed by atoms with van der Waals surface area (Å²) in [4.78, 5) is 17.1. The lowest BCUT2D eigenvalue weighted by molar-refractivity contribution is 0.0696. The Bertz CT molecular complexity index is 461. The normalized spacial score (nSPS) is 18.7. The number of nitrogens with two attached hydrogens (primary N) is 1. The maximum atomic E-state index is 10.8. The van der Waals surface area contributed by atoms with Crippen molar-refractivity contribution in [2.75, 3.05) is 23.7 Å². The number of rotatable bonds is 2. The van der Waals surface area contributed by atoms with E-state index in [1.165, 1.54) is 12.3 Å². The summed E-state index contributed by atoms with van der Waals surface area (Å²) in [6.45, 7) is 6.34. The first-order chi connectivity index (χ1) is 8.39. The van der Waals surface area contributed by atoms with Crippen LogP contribution in [0.3, 0.4) is 0 Å². The third-order valence-electron chi connectivity index (χ3n) is 3.56. The first kappa shape index (κ1) is 12.7. The fraction of sp³-hybridized carbons (Fsp3) is 0.538. The summed E-state index contributed by atoms with van der Waals surface area (Å²) in [7, 11) is 0. The monoisotopic (exact) mass is 249 g/mol. The zero-order valence-electron chi connectivity index (χ0n) is 10.8. The Balaban J connectivity index is 2.17. The molecule has 3 N–H and O–H groups in total. The van der Waals surface area contributed by atoms with E-state index in [-0.39, 0.29) is 5.56 Å². The van der Waals surface area contributed by atoms with Crippen molar-refractivity contribution in [3.05, 3.63) is 17.8 Å². The minimum Gasteiger partial charge on any atom is -0.478 e. The van der Waals surface area contributed by atoms with Gasteiger partial charge in [0.15, 0.2) is 5.82 Å². The zero-order valence-corrected chi connectivity index (χ0v) is 10.8. The van der Waals surface area contributed by atoms with Gasteiger partial charge in [-0.25, -0.2) is 9.78 Å². The molecular weight excluding hydrogens is 230 g/mol. The van der Waals surface area contributed by atoms with Gasteiger partial charge >= 0.3 is 5.97 Å². The standard InChI is InChI=1S/C13H19N3O2/c1-13(2)3-5-16(6-4-13)11-10(14)7-9(8-15-11)12(17)18/h7-8H,3-6,14H2,1-2H3,(H,17,18). The van der Waals surface area contributed by atoms with E-state index in [1.54, 1.807) is 0 Å². The molecule has 0 radical (unpaired) electrons. The Morgan fingerprint density at radius 3 is 2.56 bits per heavy atom. The van der Waals surface area contributed by atoms with Crippen LogP contribution < -0.4 is 10.6 Å². The van der Waals surface area contributed by atoms with Crippen molar-refractivity contribution in [3.8, 4) is 0 Å². The molecule has 1 saturated heterocycles. The molecule has 0 bridgehead atoms.